The molecule has 1 fully saturated rings. The van der Waals surface area contributed by atoms with E-state index in [1.54, 1.807) is 12.1 Å². The van der Waals surface area contributed by atoms with Crippen LogP contribution in [0.5, 0.6) is 0 Å². The van der Waals surface area contributed by atoms with Crippen LogP contribution in [0.3, 0.4) is 0 Å². The van der Waals surface area contributed by atoms with Gasteiger partial charge in [0.25, 0.3) is 0 Å². The molecule has 2 unspecified atom stereocenters. The summed E-state index contributed by atoms with van der Waals surface area (Å²) in [4.78, 5) is 0. The molecule has 100 valence electrons. The predicted molar refractivity (Wildman–Crippen MR) is 65.5 cm³/mol. The van der Waals surface area contributed by atoms with E-state index in [0.29, 0.717) is 11.8 Å². The smallest absolute Gasteiger partial charge is 0.319 e. The van der Waals surface area contributed by atoms with Crippen molar-refractivity contribution in [3.05, 3.63) is 35.4 Å². The van der Waals surface area contributed by atoms with E-state index in [1.807, 2.05) is 7.05 Å². The summed E-state index contributed by atoms with van der Waals surface area (Å²) < 4.78 is 37.5. The molecule has 2 atom stereocenters. The van der Waals surface area contributed by atoms with Crippen molar-refractivity contribution in [1.29, 1.82) is 0 Å². The normalized spacial score (nSPS) is 24.4. The van der Waals surface area contributed by atoms with Gasteiger partial charge in [-0.25, -0.2) is 0 Å². The summed E-state index contributed by atoms with van der Waals surface area (Å²) in [6.45, 7) is 0.936. The molecule has 0 aliphatic heterocycles. The average Bonchev–Trinajstić information content (AvgIpc) is 2.77. The summed E-state index contributed by atoms with van der Waals surface area (Å²) in [7, 11) is 1.92. The van der Waals surface area contributed by atoms with E-state index < -0.39 is 11.7 Å². The zero-order valence-electron chi connectivity index (χ0n) is 10.4. The fourth-order valence-electron chi connectivity index (χ4n) is 2.90. The van der Waals surface area contributed by atoms with Gasteiger partial charge < -0.3 is 5.32 Å². The van der Waals surface area contributed by atoms with Crippen molar-refractivity contribution < 1.29 is 13.2 Å². The third-order valence-electron chi connectivity index (χ3n) is 3.79. The minimum absolute atomic E-state index is 0.403. The lowest BCUT2D eigenvalue weighted by molar-refractivity contribution is -0.137. The Morgan fingerprint density at radius 2 is 1.83 bits per heavy atom. The maximum absolute atomic E-state index is 12.5. The quantitative estimate of drug-likeness (QED) is 0.868. The Morgan fingerprint density at radius 1 is 1.17 bits per heavy atom. The second-order valence-electron chi connectivity index (χ2n) is 4.97. The maximum atomic E-state index is 12.5. The molecule has 1 aliphatic carbocycles. The van der Waals surface area contributed by atoms with Crippen LogP contribution in [0.15, 0.2) is 24.3 Å². The number of rotatable bonds is 3. The highest BCUT2D eigenvalue weighted by Crippen LogP contribution is 2.40. The van der Waals surface area contributed by atoms with Gasteiger partial charge in [0, 0.05) is 0 Å². The molecule has 1 nitrogen and oxygen atoms in total. The largest absolute Gasteiger partial charge is 0.416 e. The topological polar surface area (TPSA) is 12.0 Å². The molecular weight excluding hydrogens is 239 g/mol. The van der Waals surface area contributed by atoms with Crippen molar-refractivity contribution in [1.82, 2.24) is 5.32 Å². The molecule has 4 heteroatoms. The maximum Gasteiger partial charge on any atom is 0.416 e. The first kappa shape index (κ1) is 13.4. The Balaban J connectivity index is 2.14. The average molecular weight is 257 g/mol. The van der Waals surface area contributed by atoms with E-state index in [4.69, 9.17) is 0 Å². The van der Waals surface area contributed by atoms with Crippen LogP contribution in [0.1, 0.15) is 36.3 Å². The monoisotopic (exact) mass is 257 g/mol. The van der Waals surface area contributed by atoms with E-state index in [1.165, 1.54) is 12.1 Å². The van der Waals surface area contributed by atoms with E-state index in [0.717, 1.165) is 31.4 Å². The summed E-state index contributed by atoms with van der Waals surface area (Å²) in [6, 6.07) is 5.68. The van der Waals surface area contributed by atoms with Crippen molar-refractivity contribution in [3.8, 4) is 0 Å². The first-order valence-corrected chi connectivity index (χ1v) is 6.34. The van der Waals surface area contributed by atoms with Crippen molar-refractivity contribution >= 4 is 0 Å². The van der Waals surface area contributed by atoms with Crippen molar-refractivity contribution in [2.75, 3.05) is 13.6 Å². The molecule has 0 aromatic heterocycles. The molecule has 0 saturated heterocycles. The number of halogens is 3. The first-order chi connectivity index (χ1) is 8.52. The highest BCUT2D eigenvalue weighted by Gasteiger charge is 2.32. The summed E-state index contributed by atoms with van der Waals surface area (Å²) in [5.74, 6) is 0.950. The molecular formula is C14H18F3N. The highest BCUT2D eigenvalue weighted by atomic mass is 19.4. The first-order valence-electron chi connectivity index (χ1n) is 6.34. The number of alkyl halides is 3. The van der Waals surface area contributed by atoms with Crippen LogP contribution < -0.4 is 5.32 Å². The van der Waals surface area contributed by atoms with E-state index in [9.17, 15) is 13.2 Å². The lowest BCUT2D eigenvalue weighted by Crippen LogP contribution is -2.21. The van der Waals surface area contributed by atoms with E-state index in [2.05, 4.69) is 5.32 Å². The van der Waals surface area contributed by atoms with Crippen LogP contribution in [0, 0.1) is 5.92 Å². The Kier molecular flexibility index (Phi) is 3.95. The summed E-state index contributed by atoms with van der Waals surface area (Å²) >= 11 is 0. The number of benzene rings is 1. The summed E-state index contributed by atoms with van der Waals surface area (Å²) in [5.41, 5.74) is 0.482. The standard InChI is InChI=1S/C14H18F3N/c1-18-9-11-3-2-4-13(11)10-5-7-12(8-6-10)14(15,16)17/h5-8,11,13,18H,2-4,9H2,1H3. The second-order valence-corrected chi connectivity index (χ2v) is 4.97. The number of nitrogens with one attached hydrogen (secondary N) is 1. The molecule has 0 bridgehead atoms. The zero-order chi connectivity index (χ0) is 13.2. The van der Waals surface area contributed by atoms with Gasteiger partial charge >= 0.3 is 6.18 Å². The van der Waals surface area contributed by atoms with Crippen LogP contribution in [0.2, 0.25) is 0 Å². The molecule has 1 N–H and O–H groups in total. The Labute approximate surface area is 105 Å². The SMILES string of the molecule is CNCC1CCCC1c1ccc(C(F)(F)F)cc1. The van der Waals surface area contributed by atoms with Gasteiger partial charge in [-0.05, 0) is 56.0 Å². The van der Waals surface area contributed by atoms with Crippen LogP contribution in [-0.4, -0.2) is 13.6 Å². The molecule has 18 heavy (non-hydrogen) atoms. The van der Waals surface area contributed by atoms with Gasteiger partial charge in [0.05, 0.1) is 5.56 Å². The van der Waals surface area contributed by atoms with Gasteiger partial charge in [-0.15, -0.1) is 0 Å². The minimum atomic E-state index is -4.24. The molecule has 0 heterocycles. The highest BCUT2D eigenvalue weighted by molar-refractivity contribution is 5.28. The lowest BCUT2D eigenvalue weighted by Gasteiger charge is -2.20. The fourth-order valence-corrected chi connectivity index (χ4v) is 2.90. The van der Waals surface area contributed by atoms with E-state index >= 15 is 0 Å². The second kappa shape index (κ2) is 5.31. The number of hydrogen-bond donors (Lipinski definition) is 1. The third-order valence-corrected chi connectivity index (χ3v) is 3.79. The molecule has 2 rings (SSSR count). The molecule has 0 spiro atoms. The molecule has 1 aromatic rings. The van der Waals surface area contributed by atoms with Gasteiger partial charge in [0.15, 0.2) is 0 Å². The molecule has 1 aliphatic rings. The molecule has 1 aromatic carbocycles. The van der Waals surface area contributed by atoms with Gasteiger partial charge in [0.1, 0.15) is 0 Å². The summed E-state index contributed by atoms with van der Waals surface area (Å²) in [6.07, 6.45) is -0.832. The summed E-state index contributed by atoms with van der Waals surface area (Å²) in [5, 5.41) is 3.17. The molecule has 0 radical (unpaired) electrons. The Hall–Kier alpha value is -1.03. The minimum Gasteiger partial charge on any atom is -0.319 e. The van der Waals surface area contributed by atoms with E-state index in [-0.39, 0.29) is 0 Å². The fraction of sp³-hybridized carbons (Fsp3) is 0.571. The third kappa shape index (κ3) is 2.86. The number of hydrogen-bond acceptors (Lipinski definition) is 1. The Morgan fingerprint density at radius 3 is 2.39 bits per heavy atom. The molecule has 0 amide bonds. The predicted octanol–water partition coefficient (Wildman–Crippen LogP) is 3.81. The van der Waals surface area contributed by atoms with Crippen LogP contribution in [-0.2, 0) is 6.18 Å². The molecule has 1 saturated carbocycles. The van der Waals surface area contributed by atoms with Crippen molar-refractivity contribution in [2.45, 2.75) is 31.4 Å². The Bertz CT molecular complexity index is 383. The van der Waals surface area contributed by atoms with Crippen LogP contribution >= 0.6 is 0 Å². The van der Waals surface area contributed by atoms with Gasteiger partial charge in [-0.1, -0.05) is 18.6 Å². The van der Waals surface area contributed by atoms with Gasteiger partial charge in [-0.2, -0.15) is 13.2 Å². The van der Waals surface area contributed by atoms with Gasteiger partial charge in [-0.3, -0.25) is 0 Å². The van der Waals surface area contributed by atoms with Gasteiger partial charge in [0.2, 0.25) is 0 Å². The van der Waals surface area contributed by atoms with Crippen molar-refractivity contribution in [3.63, 3.8) is 0 Å². The van der Waals surface area contributed by atoms with Crippen molar-refractivity contribution in [2.24, 2.45) is 5.92 Å². The van der Waals surface area contributed by atoms with Crippen LogP contribution in [0.25, 0.3) is 0 Å². The lowest BCUT2D eigenvalue weighted by atomic mass is 9.88. The zero-order valence-corrected chi connectivity index (χ0v) is 10.4. The van der Waals surface area contributed by atoms with Crippen LogP contribution in [0.4, 0.5) is 13.2 Å².